The zero-order chi connectivity index (χ0) is 9.64. The van der Waals surface area contributed by atoms with Gasteiger partial charge in [0.2, 0.25) is 0 Å². The van der Waals surface area contributed by atoms with E-state index in [9.17, 15) is 0 Å². The summed E-state index contributed by atoms with van der Waals surface area (Å²) in [7, 11) is 0. The van der Waals surface area contributed by atoms with Crippen LogP contribution in [-0.4, -0.2) is 4.98 Å². The minimum atomic E-state index is 0.559. The normalized spacial score (nSPS) is 9.71. The first kappa shape index (κ1) is 8.75. The van der Waals surface area contributed by atoms with Crippen LogP contribution in [0.5, 0.6) is 5.75 Å². The van der Waals surface area contributed by atoms with Crippen LogP contribution in [0.1, 0.15) is 5.56 Å². The van der Waals surface area contributed by atoms with Crippen molar-refractivity contribution in [2.45, 2.75) is 6.61 Å². The average molecular weight is 184 g/mol. The first-order valence-electron chi connectivity index (χ1n) is 4.43. The van der Waals surface area contributed by atoms with Crippen molar-refractivity contribution < 1.29 is 4.74 Å². The molecule has 69 valence electrons. The molecule has 2 aromatic rings. The third-order valence-corrected chi connectivity index (χ3v) is 1.81. The third kappa shape index (κ3) is 2.33. The Balaban J connectivity index is 1.96. The number of benzene rings is 1. The maximum atomic E-state index is 5.51. The van der Waals surface area contributed by atoms with Gasteiger partial charge in [0, 0.05) is 6.20 Å². The highest BCUT2D eigenvalue weighted by Crippen LogP contribution is 2.09. The Hall–Kier alpha value is -1.83. The molecule has 0 saturated carbocycles. The molecule has 2 heteroatoms. The SMILES string of the molecule is [c]1cccc(COc2cccnc2)c1. The number of rotatable bonds is 3. The minimum Gasteiger partial charge on any atom is -0.487 e. The van der Waals surface area contributed by atoms with E-state index in [-0.39, 0.29) is 0 Å². The highest BCUT2D eigenvalue weighted by molar-refractivity contribution is 5.18. The van der Waals surface area contributed by atoms with Crippen LogP contribution in [0.4, 0.5) is 0 Å². The fourth-order valence-corrected chi connectivity index (χ4v) is 1.12. The molecule has 1 aromatic carbocycles. The highest BCUT2D eigenvalue weighted by atomic mass is 16.5. The predicted molar refractivity (Wildman–Crippen MR) is 53.8 cm³/mol. The number of pyridine rings is 1. The molecule has 2 nitrogen and oxygen atoms in total. The number of ether oxygens (including phenoxy) is 1. The minimum absolute atomic E-state index is 0.559. The van der Waals surface area contributed by atoms with Crippen molar-refractivity contribution in [3.8, 4) is 5.75 Å². The van der Waals surface area contributed by atoms with E-state index in [1.807, 2.05) is 36.4 Å². The second kappa shape index (κ2) is 4.42. The van der Waals surface area contributed by atoms with E-state index in [0.29, 0.717) is 6.61 Å². The van der Waals surface area contributed by atoms with Gasteiger partial charge in [0.05, 0.1) is 6.20 Å². The van der Waals surface area contributed by atoms with Crippen molar-refractivity contribution in [2.24, 2.45) is 0 Å². The lowest BCUT2D eigenvalue weighted by Crippen LogP contribution is -1.94. The van der Waals surface area contributed by atoms with E-state index in [1.54, 1.807) is 12.4 Å². The molecule has 0 atom stereocenters. The summed E-state index contributed by atoms with van der Waals surface area (Å²) in [5.74, 6) is 0.788. The summed E-state index contributed by atoms with van der Waals surface area (Å²) >= 11 is 0. The van der Waals surface area contributed by atoms with Gasteiger partial charge in [0.15, 0.2) is 0 Å². The highest BCUT2D eigenvalue weighted by Gasteiger charge is 1.93. The van der Waals surface area contributed by atoms with Crippen LogP contribution in [0.15, 0.2) is 48.8 Å². The third-order valence-electron chi connectivity index (χ3n) is 1.81. The molecule has 0 bridgehead atoms. The van der Waals surface area contributed by atoms with Crippen LogP contribution in [0.2, 0.25) is 0 Å². The Morgan fingerprint density at radius 1 is 1.29 bits per heavy atom. The van der Waals surface area contributed by atoms with Crippen molar-refractivity contribution in [3.63, 3.8) is 0 Å². The molecule has 1 heterocycles. The van der Waals surface area contributed by atoms with Gasteiger partial charge in [0.25, 0.3) is 0 Å². The van der Waals surface area contributed by atoms with E-state index in [4.69, 9.17) is 4.74 Å². The molecule has 0 aliphatic heterocycles. The summed E-state index contributed by atoms with van der Waals surface area (Å²) in [6.45, 7) is 0.559. The first-order valence-corrected chi connectivity index (χ1v) is 4.43. The monoisotopic (exact) mass is 184 g/mol. The molecule has 0 saturated heterocycles. The molecular formula is C12H10NO. The van der Waals surface area contributed by atoms with Crippen molar-refractivity contribution in [2.75, 3.05) is 0 Å². The lowest BCUT2D eigenvalue weighted by molar-refractivity contribution is 0.305. The van der Waals surface area contributed by atoms with Gasteiger partial charge in [-0.1, -0.05) is 18.2 Å². The summed E-state index contributed by atoms with van der Waals surface area (Å²) < 4.78 is 5.51. The van der Waals surface area contributed by atoms with Crippen LogP contribution in [0, 0.1) is 6.07 Å². The predicted octanol–water partition coefficient (Wildman–Crippen LogP) is 2.46. The summed E-state index contributed by atoms with van der Waals surface area (Å²) in [4.78, 5) is 3.96. The standard InChI is InChI=1S/C12H10NO/c1-2-5-11(6-3-1)10-14-12-7-4-8-13-9-12/h1-2,4-9H,10H2. The molecule has 1 radical (unpaired) electrons. The van der Waals surface area contributed by atoms with Crippen molar-refractivity contribution in [3.05, 3.63) is 60.4 Å². The quantitative estimate of drug-likeness (QED) is 0.731. The lowest BCUT2D eigenvalue weighted by Gasteiger charge is -2.04. The zero-order valence-electron chi connectivity index (χ0n) is 7.68. The summed E-state index contributed by atoms with van der Waals surface area (Å²) in [6, 6.07) is 14.5. The van der Waals surface area contributed by atoms with Crippen LogP contribution >= 0.6 is 0 Å². The molecule has 0 fully saturated rings. The maximum Gasteiger partial charge on any atom is 0.138 e. The maximum absolute atomic E-state index is 5.51. The molecule has 0 unspecified atom stereocenters. The van der Waals surface area contributed by atoms with Gasteiger partial charge in [0.1, 0.15) is 12.4 Å². The molecule has 0 amide bonds. The van der Waals surface area contributed by atoms with E-state index < -0.39 is 0 Å². The molecule has 0 aliphatic rings. The summed E-state index contributed by atoms with van der Waals surface area (Å²) in [5, 5.41) is 0. The zero-order valence-corrected chi connectivity index (χ0v) is 7.68. The van der Waals surface area contributed by atoms with E-state index in [1.165, 1.54) is 0 Å². The second-order valence-corrected chi connectivity index (χ2v) is 2.89. The van der Waals surface area contributed by atoms with Crippen LogP contribution < -0.4 is 4.74 Å². The Bertz CT molecular complexity index is 333. The van der Waals surface area contributed by atoms with Crippen LogP contribution in [-0.2, 0) is 6.61 Å². The Morgan fingerprint density at radius 3 is 3.00 bits per heavy atom. The fraction of sp³-hybridized carbons (Fsp3) is 0.0833. The molecule has 2 rings (SSSR count). The average Bonchev–Trinajstić information content (AvgIpc) is 2.29. The van der Waals surface area contributed by atoms with Crippen molar-refractivity contribution in [1.82, 2.24) is 4.98 Å². The van der Waals surface area contributed by atoms with Crippen molar-refractivity contribution >= 4 is 0 Å². The number of hydrogen-bond donors (Lipinski definition) is 0. The van der Waals surface area contributed by atoms with Gasteiger partial charge in [-0.3, -0.25) is 4.98 Å². The Kier molecular flexibility index (Phi) is 2.76. The van der Waals surface area contributed by atoms with E-state index >= 15 is 0 Å². The summed E-state index contributed by atoms with van der Waals surface area (Å²) in [5.41, 5.74) is 1.11. The molecule has 0 spiro atoms. The lowest BCUT2D eigenvalue weighted by atomic mass is 10.2. The van der Waals surface area contributed by atoms with Gasteiger partial charge in [-0.25, -0.2) is 0 Å². The van der Waals surface area contributed by atoms with Gasteiger partial charge in [-0.15, -0.1) is 0 Å². The molecule has 0 aliphatic carbocycles. The van der Waals surface area contributed by atoms with Gasteiger partial charge >= 0.3 is 0 Å². The van der Waals surface area contributed by atoms with E-state index in [2.05, 4.69) is 11.1 Å². The Morgan fingerprint density at radius 2 is 2.29 bits per heavy atom. The summed E-state index contributed by atoms with van der Waals surface area (Å²) in [6.07, 6.45) is 3.43. The molecule has 0 N–H and O–H groups in total. The van der Waals surface area contributed by atoms with Crippen LogP contribution in [0.25, 0.3) is 0 Å². The van der Waals surface area contributed by atoms with Gasteiger partial charge < -0.3 is 4.74 Å². The molecule has 14 heavy (non-hydrogen) atoms. The first-order chi connectivity index (χ1) is 6.95. The van der Waals surface area contributed by atoms with E-state index in [0.717, 1.165) is 11.3 Å². The molecule has 1 aromatic heterocycles. The number of hydrogen-bond acceptors (Lipinski definition) is 2. The smallest absolute Gasteiger partial charge is 0.138 e. The van der Waals surface area contributed by atoms with Crippen molar-refractivity contribution in [1.29, 1.82) is 0 Å². The number of aromatic nitrogens is 1. The number of nitrogens with zero attached hydrogens (tertiary/aromatic N) is 1. The largest absolute Gasteiger partial charge is 0.487 e. The molecular weight excluding hydrogens is 174 g/mol. The van der Waals surface area contributed by atoms with Crippen LogP contribution in [0.3, 0.4) is 0 Å². The fourth-order valence-electron chi connectivity index (χ4n) is 1.12. The Labute approximate surface area is 83.2 Å². The second-order valence-electron chi connectivity index (χ2n) is 2.89. The van der Waals surface area contributed by atoms with Gasteiger partial charge in [-0.05, 0) is 29.8 Å². The topological polar surface area (TPSA) is 22.1 Å². The van der Waals surface area contributed by atoms with Gasteiger partial charge in [-0.2, -0.15) is 0 Å².